The fraction of sp³-hybridized carbons (Fsp3) is 0.833. The number of hydrogen-bond acceptors (Lipinski definition) is 3. The van der Waals surface area contributed by atoms with Gasteiger partial charge in [-0.05, 0) is 33.2 Å². The van der Waals surface area contributed by atoms with E-state index in [4.69, 9.17) is 5.73 Å². The van der Waals surface area contributed by atoms with Crippen LogP contribution >= 0.6 is 0 Å². The first-order valence-corrected chi connectivity index (χ1v) is 6.24. The second-order valence-corrected chi connectivity index (χ2v) is 4.60. The molecule has 0 radical (unpaired) electrons. The molecule has 0 rings (SSSR count). The molecule has 0 bridgehead atoms. The Balaban J connectivity index is 3.66. The fourth-order valence-corrected chi connectivity index (χ4v) is 1.42. The molecule has 5 nitrogen and oxygen atoms in total. The molecule has 100 valence electrons. The highest BCUT2D eigenvalue weighted by atomic mass is 16.2. The van der Waals surface area contributed by atoms with Crippen LogP contribution in [0.3, 0.4) is 0 Å². The van der Waals surface area contributed by atoms with Crippen LogP contribution in [0.5, 0.6) is 0 Å². The van der Waals surface area contributed by atoms with Crippen molar-refractivity contribution in [2.45, 2.75) is 46.1 Å². The summed E-state index contributed by atoms with van der Waals surface area (Å²) < 4.78 is 0. The van der Waals surface area contributed by atoms with Crippen LogP contribution < -0.4 is 16.4 Å². The van der Waals surface area contributed by atoms with E-state index in [0.29, 0.717) is 19.5 Å². The van der Waals surface area contributed by atoms with Crippen LogP contribution in [-0.2, 0) is 9.59 Å². The minimum Gasteiger partial charge on any atom is -0.355 e. The van der Waals surface area contributed by atoms with Crippen LogP contribution in [0.25, 0.3) is 0 Å². The molecule has 2 amide bonds. The third kappa shape index (κ3) is 8.68. The molecule has 1 unspecified atom stereocenters. The zero-order valence-electron chi connectivity index (χ0n) is 11.1. The molecule has 1 atom stereocenters. The van der Waals surface area contributed by atoms with Gasteiger partial charge in [0, 0.05) is 24.9 Å². The van der Waals surface area contributed by atoms with Crippen molar-refractivity contribution in [3.8, 4) is 0 Å². The summed E-state index contributed by atoms with van der Waals surface area (Å²) >= 11 is 0. The highest BCUT2D eigenvalue weighted by Gasteiger charge is 2.12. The Bertz CT molecular complexity index is 242. The molecule has 0 saturated heterocycles. The predicted molar refractivity (Wildman–Crippen MR) is 68.4 cm³/mol. The first-order chi connectivity index (χ1) is 7.97. The van der Waals surface area contributed by atoms with Gasteiger partial charge in [0.1, 0.15) is 0 Å². The van der Waals surface area contributed by atoms with E-state index in [0.717, 1.165) is 12.8 Å². The summed E-state index contributed by atoms with van der Waals surface area (Å²) in [4.78, 5) is 22.9. The molecule has 0 aliphatic carbocycles. The lowest BCUT2D eigenvalue weighted by molar-refractivity contribution is -0.125. The maximum Gasteiger partial charge on any atom is 0.222 e. The minimum atomic E-state index is -0.0355. The molecule has 0 aromatic carbocycles. The Morgan fingerprint density at radius 2 is 1.88 bits per heavy atom. The number of amides is 2. The number of hydrogen-bond donors (Lipinski definition) is 3. The molecule has 0 aliphatic rings. The van der Waals surface area contributed by atoms with Gasteiger partial charge in [-0.1, -0.05) is 6.92 Å². The van der Waals surface area contributed by atoms with Gasteiger partial charge in [0.15, 0.2) is 0 Å². The van der Waals surface area contributed by atoms with Crippen molar-refractivity contribution in [3.63, 3.8) is 0 Å². The topological polar surface area (TPSA) is 84.2 Å². The van der Waals surface area contributed by atoms with Gasteiger partial charge in [-0.2, -0.15) is 0 Å². The maximum absolute atomic E-state index is 11.6. The predicted octanol–water partition coefficient (Wildman–Crippen LogP) is 0.392. The Hall–Kier alpha value is -1.10. The number of carbonyl (C=O) groups is 2. The SMILES string of the molecule is CC(C)NC(=O)CCNC(=O)C(C)CCCN. The number of nitrogens with two attached hydrogens (primary N) is 1. The van der Waals surface area contributed by atoms with E-state index in [9.17, 15) is 9.59 Å². The highest BCUT2D eigenvalue weighted by molar-refractivity contribution is 5.80. The molecule has 0 fully saturated rings. The second-order valence-electron chi connectivity index (χ2n) is 4.60. The Kier molecular flexibility index (Phi) is 8.40. The molecule has 4 N–H and O–H groups in total. The molecule has 0 saturated carbocycles. The lowest BCUT2D eigenvalue weighted by Crippen LogP contribution is -2.35. The summed E-state index contributed by atoms with van der Waals surface area (Å²) in [6.45, 7) is 6.69. The van der Waals surface area contributed by atoms with Crippen LogP contribution in [0.1, 0.15) is 40.0 Å². The van der Waals surface area contributed by atoms with Crippen LogP contribution in [-0.4, -0.2) is 30.9 Å². The van der Waals surface area contributed by atoms with Gasteiger partial charge in [-0.15, -0.1) is 0 Å². The van der Waals surface area contributed by atoms with E-state index in [-0.39, 0.29) is 23.8 Å². The van der Waals surface area contributed by atoms with E-state index in [2.05, 4.69) is 10.6 Å². The third-order valence-electron chi connectivity index (χ3n) is 2.39. The molecule has 17 heavy (non-hydrogen) atoms. The van der Waals surface area contributed by atoms with Gasteiger partial charge in [0.2, 0.25) is 11.8 Å². The van der Waals surface area contributed by atoms with E-state index in [1.807, 2.05) is 20.8 Å². The lowest BCUT2D eigenvalue weighted by Gasteiger charge is -2.12. The van der Waals surface area contributed by atoms with Gasteiger partial charge < -0.3 is 16.4 Å². The quantitative estimate of drug-likeness (QED) is 0.576. The van der Waals surface area contributed by atoms with Crippen LogP contribution in [0.2, 0.25) is 0 Å². The Morgan fingerprint density at radius 1 is 1.24 bits per heavy atom. The molecular weight excluding hydrogens is 218 g/mol. The molecule has 0 aliphatic heterocycles. The van der Waals surface area contributed by atoms with Crippen molar-refractivity contribution in [3.05, 3.63) is 0 Å². The Labute approximate surface area is 104 Å². The van der Waals surface area contributed by atoms with Crippen LogP contribution in [0.4, 0.5) is 0 Å². The maximum atomic E-state index is 11.6. The van der Waals surface area contributed by atoms with E-state index in [1.54, 1.807) is 0 Å². The average molecular weight is 243 g/mol. The van der Waals surface area contributed by atoms with Crippen molar-refractivity contribution in [1.29, 1.82) is 0 Å². The molecule has 0 spiro atoms. The molecule has 0 heterocycles. The second kappa shape index (κ2) is 8.98. The van der Waals surface area contributed by atoms with Crippen molar-refractivity contribution in [2.24, 2.45) is 11.7 Å². The van der Waals surface area contributed by atoms with Crippen LogP contribution in [0.15, 0.2) is 0 Å². The first kappa shape index (κ1) is 15.9. The highest BCUT2D eigenvalue weighted by Crippen LogP contribution is 2.04. The van der Waals surface area contributed by atoms with Gasteiger partial charge in [-0.3, -0.25) is 9.59 Å². The number of carbonyl (C=O) groups excluding carboxylic acids is 2. The van der Waals surface area contributed by atoms with Crippen molar-refractivity contribution >= 4 is 11.8 Å². The van der Waals surface area contributed by atoms with Gasteiger partial charge in [0.05, 0.1) is 0 Å². The normalized spacial score (nSPS) is 12.3. The third-order valence-corrected chi connectivity index (χ3v) is 2.39. The van der Waals surface area contributed by atoms with E-state index >= 15 is 0 Å². The van der Waals surface area contributed by atoms with Crippen LogP contribution in [0, 0.1) is 5.92 Å². The summed E-state index contributed by atoms with van der Waals surface area (Å²) in [5.41, 5.74) is 5.38. The summed E-state index contributed by atoms with van der Waals surface area (Å²) in [6, 6.07) is 0.140. The first-order valence-electron chi connectivity index (χ1n) is 6.24. The minimum absolute atomic E-state index is 0.00389. The lowest BCUT2D eigenvalue weighted by atomic mass is 10.1. The zero-order chi connectivity index (χ0) is 13.3. The largest absolute Gasteiger partial charge is 0.355 e. The summed E-state index contributed by atoms with van der Waals surface area (Å²) in [7, 11) is 0. The zero-order valence-corrected chi connectivity index (χ0v) is 11.1. The number of rotatable bonds is 8. The number of nitrogens with one attached hydrogen (secondary N) is 2. The summed E-state index contributed by atoms with van der Waals surface area (Å²) in [6.07, 6.45) is 1.97. The summed E-state index contributed by atoms with van der Waals surface area (Å²) in [5.74, 6) is -0.0718. The average Bonchev–Trinajstić information content (AvgIpc) is 2.24. The van der Waals surface area contributed by atoms with E-state index in [1.165, 1.54) is 0 Å². The fourth-order valence-electron chi connectivity index (χ4n) is 1.42. The summed E-state index contributed by atoms with van der Waals surface area (Å²) in [5, 5.41) is 5.53. The van der Waals surface area contributed by atoms with Gasteiger partial charge in [0.25, 0.3) is 0 Å². The molecule has 5 heteroatoms. The van der Waals surface area contributed by atoms with Crippen molar-refractivity contribution in [1.82, 2.24) is 10.6 Å². The molecular formula is C12H25N3O2. The Morgan fingerprint density at radius 3 is 2.41 bits per heavy atom. The monoisotopic (exact) mass is 243 g/mol. The smallest absolute Gasteiger partial charge is 0.222 e. The van der Waals surface area contributed by atoms with E-state index < -0.39 is 0 Å². The van der Waals surface area contributed by atoms with Crippen molar-refractivity contribution in [2.75, 3.05) is 13.1 Å². The molecule has 0 aromatic heterocycles. The standard InChI is InChI=1S/C12H25N3O2/c1-9(2)15-11(16)6-8-14-12(17)10(3)5-4-7-13/h9-10H,4-8,13H2,1-3H3,(H,14,17)(H,15,16). The van der Waals surface area contributed by atoms with Gasteiger partial charge >= 0.3 is 0 Å². The molecule has 0 aromatic rings. The van der Waals surface area contributed by atoms with Gasteiger partial charge in [-0.25, -0.2) is 0 Å². The van der Waals surface area contributed by atoms with Crippen molar-refractivity contribution < 1.29 is 9.59 Å².